The molecule has 30 nitrogen and oxygen atoms in total. The van der Waals surface area contributed by atoms with Gasteiger partial charge >= 0.3 is 89.5 Å². The van der Waals surface area contributed by atoms with Crippen LogP contribution in [0.3, 0.4) is 0 Å². The van der Waals surface area contributed by atoms with Crippen LogP contribution in [0.4, 0.5) is 0 Å². The highest BCUT2D eigenvalue weighted by atomic mass is 16.6. The van der Waals surface area contributed by atoms with E-state index < -0.39 is 74.1 Å². The molecule has 0 heterocycles. The molecular formula is C100H172O30. The molecule has 4 fully saturated rings. The predicted octanol–water partition coefficient (Wildman–Crippen LogP) is 19.5. The minimum atomic E-state index is -0.568. The Morgan fingerprint density at radius 2 is 0.400 bits per heavy atom. The predicted molar refractivity (Wildman–Crippen MR) is 489 cm³/mol. The number of esters is 15. The minimum Gasteiger partial charge on any atom is -0.462 e. The smallest absolute Gasteiger partial charge is 0.311 e. The van der Waals surface area contributed by atoms with Gasteiger partial charge in [0.2, 0.25) is 0 Å². The van der Waals surface area contributed by atoms with Crippen molar-refractivity contribution in [3.8, 4) is 0 Å². The maximum absolute atomic E-state index is 12.2. The summed E-state index contributed by atoms with van der Waals surface area (Å²) < 4.78 is 78.4. The van der Waals surface area contributed by atoms with Crippen LogP contribution in [0, 0.1) is 44.8 Å². The Morgan fingerprint density at radius 1 is 0.231 bits per heavy atom. The Labute approximate surface area is 778 Å². The van der Waals surface area contributed by atoms with Crippen molar-refractivity contribution in [1.29, 1.82) is 0 Å². The normalized spacial score (nSPS) is 16.0. The molecule has 0 aromatic heterocycles. The van der Waals surface area contributed by atoms with E-state index >= 15 is 0 Å². The van der Waals surface area contributed by atoms with Gasteiger partial charge in [-0.3, -0.25) is 71.9 Å². The van der Waals surface area contributed by atoms with Gasteiger partial charge in [0.1, 0.15) is 94.1 Å². The maximum Gasteiger partial charge on any atom is 0.311 e. The van der Waals surface area contributed by atoms with Crippen molar-refractivity contribution < 1.29 is 143 Å². The van der Waals surface area contributed by atoms with Gasteiger partial charge in [0.25, 0.3) is 0 Å². The van der Waals surface area contributed by atoms with Crippen molar-refractivity contribution >= 4 is 89.5 Å². The molecule has 4 aliphatic carbocycles. The largest absolute Gasteiger partial charge is 0.462 e. The van der Waals surface area contributed by atoms with Gasteiger partial charge in [0, 0.05) is 0 Å². The Morgan fingerprint density at radius 3 is 0.608 bits per heavy atom. The van der Waals surface area contributed by atoms with Crippen LogP contribution in [0.2, 0.25) is 0 Å². The second-order valence-corrected chi connectivity index (χ2v) is 39.9. The van der Waals surface area contributed by atoms with Gasteiger partial charge in [-0.2, -0.15) is 0 Å². The van der Waals surface area contributed by atoms with Gasteiger partial charge in [-0.15, -0.1) is 0 Å². The second-order valence-electron chi connectivity index (χ2n) is 39.9. The van der Waals surface area contributed by atoms with Crippen molar-refractivity contribution in [3.05, 3.63) is 0 Å². The van der Waals surface area contributed by atoms with Crippen LogP contribution in [-0.4, -0.2) is 184 Å². The number of rotatable bonds is 48. The minimum absolute atomic E-state index is 0.00285. The van der Waals surface area contributed by atoms with Crippen molar-refractivity contribution in [2.75, 3.05) is 66.1 Å². The number of carbonyl (C=O) groups is 15. The highest BCUT2D eigenvalue weighted by molar-refractivity contribution is 5.82. The molecule has 0 saturated heterocycles. The maximum atomic E-state index is 12.2. The van der Waals surface area contributed by atoms with E-state index in [0.717, 1.165) is 103 Å². The van der Waals surface area contributed by atoms with Crippen LogP contribution in [0.1, 0.15) is 411 Å². The van der Waals surface area contributed by atoms with E-state index in [4.69, 9.17) is 71.1 Å². The van der Waals surface area contributed by atoms with Crippen LogP contribution in [0.25, 0.3) is 0 Å². The molecule has 0 atom stereocenters. The third kappa shape index (κ3) is 51.3. The zero-order chi connectivity index (χ0) is 99.2. The van der Waals surface area contributed by atoms with E-state index in [-0.39, 0.29) is 219 Å². The summed E-state index contributed by atoms with van der Waals surface area (Å²) in [5, 5.41) is 0. The van der Waals surface area contributed by atoms with E-state index in [2.05, 4.69) is 13.8 Å². The van der Waals surface area contributed by atoms with E-state index in [0.29, 0.717) is 32.1 Å². The highest BCUT2D eigenvalue weighted by Gasteiger charge is 2.42. The Bertz CT molecular complexity index is 3340. The van der Waals surface area contributed by atoms with Crippen LogP contribution < -0.4 is 0 Å². The second kappa shape index (κ2) is 61.8. The molecule has 0 N–H and O–H groups in total. The molecule has 4 saturated carbocycles. The first-order valence-corrected chi connectivity index (χ1v) is 48.3. The van der Waals surface area contributed by atoms with Crippen LogP contribution in [-0.2, 0) is 143 Å². The summed E-state index contributed by atoms with van der Waals surface area (Å²) in [6.07, 6.45) is 26.2. The molecule has 0 unspecified atom stereocenters. The third-order valence-electron chi connectivity index (χ3n) is 25.8. The summed E-state index contributed by atoms with van der Waals surface area (Å²) in [4.78, 5) is 177. The molecule has 0 aromatic carbocycles. The quantitative estimate of drug-likeness (QED) is 0.0310. The number of ether oxygens (including phenoxy) is 15. The lowest BCUT2D eigenvalue weighted by atomic mass is 9.82. The van der Waals surface area contributed by atoms with Crippen molar-refractivity contribution in [1.82, 2.24) is 0 Å². The van der Waals surface area contributed by atoms with Gasteiger partial charge in [-0.1, -0.05) is 115 Å². The van der Waals surface area contributed by atoms with Crippen LogP contribution in [0.15, 0.2) is 0 Å². The first-order valence-electron chi connectivity index (χ1n) is 48.3. The van der Waals surface area contributed by atoms with E-state index in [1.54, 1.807) is 55.4 Å². The zero-order valence-corrected chi connectivity index (χ0v) is 84.7. The van der Waals surface area contributed by atoms with Gasteiger partial charge < -0.3 is 71.1 Å². The molecule has 752 valence electrons. The van der Waals surface area contributed by atoms with Crippen molar-refractivity contribution in [2.45, 2.75) is 439 Å². The molecule has 0 radical (unpaired) electrons. The fourth-order valence-corrected chi connectivity index (χ4v) is 13.5. The molecule has 4 rings (SSSR count). The van der Waals surface area contributed by atoms with Crippen LogP contribution >= 0.6 is 0 Å². The van der Waals surface area contributed by atoms with E-state index in [1.807, 2.05) is 104 Å². The average molecular weight is 1850 g/mol. The molecule has 0 spiro atoms. The standard InChI is InChI=1S/C23H40O6.C20H34O6.C20H36O6.C19H32O6.C18H30O6/c1-5-22(2,3)21(26)28-18-17-27-19(24)13-14-20(25)29-23(4)15-11-9-7-6-8-10-12-16-23;1-6-19(4,5)18(23)25-14-13-24-16(21)9-10-17(22)26-20(15(2)3)11-7-8-12-20;1-9-19(6,7)18(23)25-13-12-24-16(21)10-11-17(22)26-20(8,14(2)3)15(4)5;1-5-18(2,3)17(22)24-14-13-23-15(20)9-10-16(21)25-19(4)11-7-6-8-12-19;1-5-17(2,3)16(21)23-13-12-22-14(19)8-9-15(20)24-18(4)10-6-7-11-18/h5-18H2,1-4H3;15H,6-14H2,1-5H3;14-15H,9-13H2,1-8H3;5-14H2,1-4H3;5-13H2,1-4H3. The van der Waals surface area contributed by atoms with Gasteiger partial charge in [-0.25, -0.2) is 0 Å². The summed E-state index contributed by atoms with van der Waals surface area (Å²) in [6.45, 7) is 47.6. The molecule has 0 amide bonds. The van der Waals surface area contributed by atoms with Crippen molar-refractivity contribution in [3.63, 3.8) is 0 Å². The summed E-state index contributed by atoms with van der Waals surface area (Å²) in [5.74, 6) is -5.26. The third-order valence-corrected chi connectivity index (χ3v) is 25.8. The number of hydrogen-bond donors (Lipinski definition) is 0. The topological polar surface area (TPSA) is 394 Å². The molecule has 0 aliphatic heterocycles. The van der Waals surface area contributed by atoms with E-state index in [1.165, 1.54) is 38.5 Å². The lowest BCUT2D eigenvalue weighted by Gasteiger charge is -2.37. The van der Waals surface area contributed by atoms with Crippen molar-refractivity contribution in [2.24, 2.45) is 44.8 Å². The fraction of sp³-hybridized carbons (Fsp3) is 0.850. The summed E-state index contributed by atoms with van der Waals surface area (Å²) in [6, 6.07) is 0. The zero-order valence-electron chi connectivity index (χ0n) is 84.7. The first kappa shape index (κ1) is 122. The molecule has 130 heavy (non-hydrogen) atoms. The van der Waals surface area contributed by atoms with Gasteiger partial charge in [-0.05, 0) is 250 Å². The lowest BCUT2D eigenvalue weighted by molar-refractivity contribution is -0.170. The molecule has 0 aromatic rings. The first-order chi connectivity index (χ1) is 60.5. The Hall–Kier alpha value is -7.95. The summed E-state index contributed by atoms with van der Waals surface area (Å²) >= 11 is 0. The summed E-state index contributed by atoms with van der Waals surface area (Å²) in [7, 11) is 0. The number of hydrogen-bond acceptors (Lipinski definition) is 30. The molecule has 4 aliphatic rings. The average Bonchev–Trinajstić information content (AvgIpc) is 1.50. The number of carbonyl (C=O) groups excluding carboxylic acids is 15. The van der Waals surface area contributed by atoms with E-state index in [9.17, 15) is 71.9 Å². The van der Waals surface area contributed by atoms with Gasteiger partial charge in [0.15, 0.2) is 0 Å². The highest BCUT2D eigenvalue weighted by Crippen LogP contribution is 2.41. The van der Waals surface area contributed by atoms with Gasteiger partial charge in [0.05, 0.1) is 91.3 Å². The molecule has 0 bridgehead atoms. The SMILES string of the molecule is CCC(C)(C)C(=O)OCCOC(=O)CCC(=O)OC(C)(C(C)C)C(C)C.CCC(C)(C)C(=O)OCCOC(=O)CCC(=O)OC1(C(C)C)CCCC1.CCC(C)(C)C(=O)OCCOC(=O)CCC(=O)OC1(C)CCCC1.CCC(C)(C)C(=O)OCCOC(=O)CCC(=O)OC1(C)CCCCC1.CCC(C)(C)C(=O)OCCOC(=O)CCC(=O)OC1(C)CCCCCCCCC1. The molecule has 30 heteroatoms. The fourth-order valence-electron chi connectivity index (χ4n) is 13.5. The Kier molecular flexibility index (Phi) is 58.0. The monoisotopic (exact) mass is 1850 g/mol. The lowest BCUT2D eigenvalue weighted by Crippen LogP contribution is -2.42. The Balaban J connectivity index is 0.00000160. The van der Waals surface area contributed by atoms with Crippen LogP contribution in [0.5, 0.6) is 0 Å². The molecular weight excluding hydrogens is 1680 g/mol. The summed E-state index contributed by atoms with van der Waals surface area (Å²) in [5.41, 5.74) is -4.85.